The fraction of sp³-hybridized carbons (Fsp3) is 0.200. The number of rotatable bonds is 10. The number of phenolic OH excluding ortho intramolecular Hbond substituents is 1. The van der Waals surface area contributed by atoms with Crippen molar-refractivity contribution in [1.29, 1.82) is 0 Å². The lowest BCUT2D eigenvalue weighted by molar-refractivity contribution is 0.346. The first-order valence-corrected chi connectivity index (χ1v) is 23.5. The smallest absolute Gasteiger partial charge is 0.350 e. The fourth-order valence-corrected chi connectivity index (χ4v) is 23.2. The summed E-state index contributed by atoms with van der Waals surface area (Å²) < 4.78 is 21.8. The number of hydrogen-bond acceptors (Lipinski definition) is 4. The topological polar surface area (TPSA) is 47.9 Å². The monoisotopic (exact) mass is 574 g/mol. The van der Waals surface area contributed by atoms with Crippen molar-refractivity contribution >= 4 is 54.5 Å². The third-order valence-electron chi connectivity index (χ3n) is 6.92. The number of benzene rings is 4. The summed E-state index contributed by atoms with van der Waals surface area (Å²) in [6.45, 7) is 13.2. The molecule has 4 nitrogen and oxygen atoms in total. The molecule has 0 saturated carbocycles. The van der Waals surface area contributed by atoms with Crippen molar-refractivity contribution < 1.29 is 17.5 Å². The normalized spacial score (nSPS) is 15.4. The van der Waals surface area contributed by atoms with Crippen molar-refractivity contribution in [2.24, 2.45) is 0 Å². The van der Waals surface area contributed by atoms with Crippen molar-refractivity contribution in [2.75, 3.05) is 0 Å². The van der Waals surface area contributed by atoms with E-state index in [4.69, 9.17) is 12.3 Å². The van der Waals surface area contributed by atoms with Gasteiger partial charge in [0.1, 0.15) is 5.75 Å². The zero-order valence-electron chi connectivity index (χ0n) is 23.1. The van der Waals surface area contributed by atoms with Crippen LogP contribution >= 0.6 is 0 Å². The molecular formula is C30H38O4Si4. The highest BCUT2D eigenvalue weighted by atomic mass is 28.5. The molecular weight excluding hydrogens is 537 g/mol. The van der Waals surface area contributed by atoms with Crippen molar-refractivity contribution in [2.45, 2.75) is 39.3 Å². The van der Waals surface area contributed by atoms with E-state index in [0.717, 1.165) is 10.4 Å². The van der Waals surface area contributed by atoms with Crippen LogP contribution in [0.3, 0.4) is 0 Å². The molecule has 4 aromatic rings. The fourth-order valence-electron chi connectivity index (χ4n) is 4.92. The van der Waals surface area contributed by atoms with Crippen LogP contribution in [-0.2, 0) is 12.3 Å². The van der Waals surface area contributed by atoms with Crippen LogP contribution in [0.4, 0.5) is 0 Å². The van der Waals surface area contributed by atoms with Gasteiger partial charge in [-0.1, -0.05) is 103 Å². The van der Waals surface area contributed by atoms with E-state index >= 15 is 0 Å². The Labute approximate surface area is 231 Å². The molecule has 2 atom stereocenters. The minimum Gasteiger partial charge on any atom is -0.508 e. The maximum absolute atomic E-state index is 10.1. The predicted molar refractivity (Wildman–Crippen MR) is 167 cm³/mol. The van der Waals surface area contributed by atoms with E-state index in [9.17, 15) is 5.11 Å². The number of hydrogen-bond donors (Lipinski definition) is 1. The van der Waals surface area contributed by atoms with E-state index in [1.165, 1.54) is 10.4 Å². The van der Waals surface area contributed by atoms with Gasteiger partial charge in [-0.25, -0.2) is 0 Å². The van der Waals surface area contributed by atoms with E-state index in [1.807, 2.05) is 42.5 Å². The second kappa shape index (κ2) is 11.3. The quantitative estimate of drug-likeness (QED) is 0.273. The molecule has 0 amide bonds. The average molecular weight is 575 g/mol. The Hall–Kier alpha value is -2.57. The predicted octanol–water partition coefficient (Wildman–Crippen LogP) is 4.92. The van der Waals surface area contributed by atoms with Gasteiger partial charge < -0.3 is 17.5 Å². The van der Waals surface area contributed by atoms with Gasteiger partial charge in [-0.3, -0.25) is 0 Å². The van der Waals surface area contributed by atoms with Crippen molar-refractivity contribution in [3.63, 3.8) is 0 Å². The molecule has 1 N–H and O–H groups in total. The Morgan fingerprint density at radius 3 is 1.08 bits per heavy atom. The molecule has 0 spiro atoms. The lowest BCUT2D eigenvalue weighted by Gasteiger charge is -2.44. The first-order chi connectivity index (χ1) is 17.9. The molecule has 0 aliphatic heterocycles. The molecule has 0 fully saturated rings. The minimum absolute atomic E-state index is 0.224. The van der Waals surface area contributed by atoms with Crippen LogP contribution in [0.25, 0.3) is 0 Å². The van der Waals surface area contributed by atoms with Crippen molar-refractivity contribution in [1.82, 2.24) is 0 Å². The third kappa shape index (κ3) is 6.52. The molecule has 0 radical (unpaired) electrons. The second-order valence-electron chi connectivity index (χ2n) is 10.9. The molecule has 4 rings (SSSR count). The minimum atomic E-state index is -3.08. The van der Waals surface area contributed by atoms with Gasteiger partial charge in [0.05, 0.1) is 0 Å². The van der Waals surface area contributed by atoms with Crippen molar-refractivity contribution in [3.05, 3.63) is 115 Å². The first kappa shape index (κ1) is 28.4. The standard InChI is InChI=1S/C30H38O4Si4/c1-35(2,27-16-10-7-11-17-27)32-37(5,29-20-14-9-15-21-29)34-38(6,30-24-22-26(31)23-25-30)33-36(3,4)28-18-12-8-13-19-28/h7-25,31H,1-6H3. The van der Waals surface area contributed by atoms with E-state index in [2.05, 4.69) is 99.9 Å². The first-order valence-electron chi connectivity index (χ1n) is 13.0. The summed E-state index contributed by atoms with van der Waals surface area (Å²) in [7, 11) is -10.8. The van der Waals surface area contributed by atoms with E-state index in [-0.39, 0.29) is 5.75 Å². The highest BCUT2D eigenvalue weighted by Gasteiger charge is 2.51. The zero-order valence-corrected chi connectivity index (χ0v) is 27.1. The summed E-state index contributed by atoms with van der Waals surface area (Å²) in [6.07, 6.45) is 0. The van der Waals surface area contributed by atoms with Crippen LogP contribution in [0.2, 0.25) is 39.3 Å². The lowest BCUT2D eigenvalue weighted by atomic mass is 10.3. The Bertz CT molecular complexity index is 1320. The second-order valence-corrected chi connectivity index (χ2v) is 25.4. The highest BCUT2D eigenvalue weighted by Crippen LogP contribution is 2.25. The van der Waals surface area contributed by atoms with Crippen LogP contribution in [-0.4, -0.2) is 38.9 Å². The van der Waals surface area contributed by atoms with Crippen LogP contribution in [0.5, 0.6) is 5.75 Å². The molecule has 2 unspecified atom stereocenters. The van der Waals surface area contributed by atoms with Gasteiger partial charge in [-0.2, -0.15) is 0 Å². The molecule has 8 heteroatoms. The summed E-state index contributed by atoms with van der Waals surface area (Å²) in [5.74, 6) is 0.224. The van der Waals surface area contributed by atoms with Crippen LogP contribution in [0.1, 0.15) is 0 Å². The molecule has 4 aromatic carbocycles. The number of aromatic hydroxyl groups is 1. The Balaban J connectivity index is 1.81. The van der Waals surface area contributed by atoms with Gasteiger partial charge in [0.25, 0.3) is 0 Å². The van der Waals surface area contributed by atoms with Crippen LogP contribution in [0.15, 0.2) is 115 Å². The maximum atomic E-state index is 10.1. The molecule has 0 aromatic heterocycles. The summed E-state index contributed by atoms with van der Waals surface area (Å²) in [6, 6.07) is 38.6. The van der Waals surface area contributed by atoms with Crippen LogP contribution < -0.4 is 20.7 Å². The molecule has 0 aliphatic rings. The van der Waals surface area contributed by atoms with Gasteiger partial charge in [0.15, 0.2) is 0 Å². The summed E-state index contributed by atoms with van der Waals surface area (Å²) in [5.41, 5.74) is 0. The van der Waals surface area contributed by atoms with Crippen molar-refractivity contribution in [3.8, 4) is 5.75 Å². The zero-order chi connectivity index (χ0) is 27.4. The van der Waals surface area contributed by atoms with Gasteiger partial charge in [0, 0.05) is 0 Å². The van der Waals surface area contributed by atoms with E-state index in [0.29, 0.717) is 0 Å². The Morgan fingerprint density at radius 2 is 0.711 bits per heavy atom. The Kier molecular flexibility index (Phi) is 8.43. The largest absolute Gasteiger partial charge is 0.508 e. The maximum Gasteiger partial charge on any atom is 0.350 e. The third-order valence-corrected chi connectivity index (χ3v) is 23.4. The van der Waals surface area contributed by atoms with Gasteiger partial charge in [0.2, 0.25) is 16.6 Å². The Morgan fingerprint density at radius 1 is 0.395 bits per heavy atom. The van der Waals surface area contributed by atoms with Gasteiger partial charge in [-0.15, -0.1) is 0 Å². The molecule has 0 heterocycles. The van der Waals surface area contributed by atoms with Gasteiger partial charge in [-0.05, 0) is 72.2 Å². The molecule has 198 valence electrons. The van der Waals surface area contributed by atoms with E-state index in [1.54, 1.807) is 12.1 Å². The lowest BCUT2D eigenvalue weighted by Crippen LogP contribution is -2.70. The average Bonchev–Trinajstić information content (AvgIpc) is 2.90. The molecule has 0 saturated heterocycles. The number of phenols is 1. The van der Waals surface area contributed by atoms with Crippen LogP contribution in [0, 0.1) is 0 Å². The molecule has 38 heavy (non-hydrogen) atoms. The summed E-state index contributed by atoms with van der Waals surface area (Å²) >= 11 is 0. The molecule has 0 bridgehead atoms. The summed E-state index contributed by atoms with van der Waals surface area (Å²) in [4.78, 5) is 0. The van der Waals surface area contributed by atoms with E-state index < -0.39 is 33.8 Å². The summed E-state index contributed by atoms with van der Waals surface area (Å²) in [5, 5.41) is 14.6. The highest BCUT2D eigenvalue weighted by molar-refractivity contribution is 7.02. The van der Waals surface area contributed by atoms with Gasteiger partial charge >= 0.3 is 17.1 Å². The SMILES string of the molecule is C[Si](C)(O[Si](C)(O[Si](C)(O[Si](C)(C)c1ccccc1)c1ccc(O)cc1)c1ccccc1)c1ccccc1. The molecule has 0 aliphatic carbocycles.